The van der Waals surface area contributed by atoms with Crippen molar-refractivity contribution in [1.29, 1.82) is 0 Å². The third-order valence-electron chi connectivity index (χ3n) is 7.20. The third kappa shape index (κ3) is 6.66. The molecular weight excluding hydrogens is 498 g/mol. The maximum Gasteiger partial charge on any atom is 0.303 e. The summed E-state index contributed by atoms with van der Waals surface area (Å²) >= 11 is 0. The van der Waals surface area contributed by atoms with Crippen LogP contribution in [0.2, 0.25) is 0 Å². The molecule has 39 heavy (non-hydrogen) atoms. The lowest BCUT2D eigenvalue weighted by atomic mass is 9.92. The molecule has 2 aromatic carbocycles. The van der Waals surface area contributed by atoms with E-state index in [0.29, 0.717) is 35.4 Å². The fraction of sp³-hybridized carbons (Fsp3) is 0.400. The molecule has 1 fully saturated rings. The first-order valence-corrected chi connectivity index (χ1v) is 13.2. The highest BCUT2D eigenvalue weighted by Crippen LogP contribution is 2.38. The van der Waals surface area contributed by atoms with Crippen molar-refractivity contribution in [1.82, 2.24) is 9.97 Å². The molecule has 2 N–H and O–H groups in total. The van der Waals surface area contributed by atoms with Gasteiger partial charge in [0.25, 0.3) is 0 Å². The largest absolute Gasteiger partial charge is 0.504 e. The molecule has 0 aliphatic carbocycles. The Balaban J connectivity index is 1.37. The van der Waals surface area contributed by atoms with Crippen molar-refractivity contribution in [3.8, 4) is 28.4 Å². The molecule has 9 nitrogen and oxygen atoms in total. The van der Waals surface area contributed by atoms with Gasteiger partial charge in [-0.25, -0.2) is 9.97 Å². The molecule has 3 aromatic rings. The minimum Gasteiger partial charge on any atom is -0.504 e. The van der Waals surface area contributed by atoms with Crippen LogP contribution in [0.3, 0.4) is 0 Å². The minimum atomic E-state index is -0.953. The van der Waals surface area contributed by atoms with E-state index in [-0.39, 0.29) is 36.5 Å². The first kappa shape index (κ1) is 27.9. The lowest BCUT2D eigenvalue weighted by Crippen LogP contribution is -2.34. The van der Waals surface area contributed by atoms with E-state index in [4.69, 9.17) is 14.6 Å². The van der Waals surface area contributed by atoms with Crippen molar-refractivity contribution in [2.24, 2.45) is 5.92 Å². The summed E-state index contributed by atoms with van der Waals surface area (Å²) in [5.74, 6) is 0.789. The molecule has 1 aromatic heterocycles. The number of carboxylic acid groups (broad SMARTS) is 1. The highest BCUT2D eigenvalue weighted by molar-refractivity contribution is 5.97. The molecule has 2 heterocycles. The number of aliphatic carboxylic acids is 1. The van der Waals surface area contributed by atoms with Gasteiger partial charge in [-0.15, -0.1) is 0 Å². The van der Waals surface area contributed by atoms with Crippen molar-refractivity contribution in [2.75, 3.05) is 32.2 Å². The predicted molar refractivity (Wildman–Crippen MR) is 148 cm³/mol. The first-order valence-electron chi connectivity index (χ1n) is 13.2. The van der Waals surface area contributed by atoms with Crippen molar-refractivity contribution in [3.63, 3.8) is 0 Å². The molecular formula is C30H35N3O6. The summed E-state index contributed by atoms with van der Waals surface area (Å²) in [6.07, 6.45) is 2.67. The van der Waals surface area contributed by atoms with Crippen LogP contribution in [0.25, 0.3) is 11.1 Å². The zero-order valence-corrected chi connectivity index (χ0v) is 22.6. The monoisotopic (exact) mass is 533 g/mol. The second-order valence-electron chi connectivity index (χ2n) is 9.82. The smallest absolute Gasteiger partial charge is 0.303 e. The Labute approximate surface area is 228 Å². The molecule has 1 saturated heterocycles. The van der Waals surface area contributed by atoms with Crippen molar-refractivity contribution >= 4 is 17.4 Å². The fourth-order valence-electron chi connectivity index (χ4n) is 5.05. The number of methoxy groups -OCH3 is 2. The molecule has 1 aliphatic heterocycles. The molecule has 1 aliphatic rings. The Morgan fingerprint density at radius 1 is 1.00 bits per heavy atom. The number of piperidine rings is 1. The number of Topliss-reactive ketones (excluding diaryl/α,β-unsaturated/α-hetero) is 1. The molecule has 9 heteroatoms. The number of nitrogens with zero attached hydrogens (tertiary/aromatic N) is 3. The van der Waals surface area contributed by atoms with Gasteiger partial charge in [0.05, 0.1) is 19.9 Å². The summed E-state index contributed by atoms with van der Waals surface area (Å²) in [5, 5.41) is 19.1. The quantitative estimate of drug-likeness (QED) is 0.325. The first-order chi connectivity index (χ1) is 18.8. The number of rotatable bonds is 11. The Hall–Kier alpha value is -4.14. The van der Waals surface area contributed by atoms with Gasteiger partial charge in [-0.3, -0.25) is 9.59 Å². The topological polar surface area (TPSA) is 122 Å². The van der Waals surface area contributed by atoms with E-state index in [2.05, 4.69) is 39.1 Å². The minimum absolute atomic E-state index is 0.00641. The molecule has 0 spiro atoms. The predicted octanol–water partition coefficient (Wildman–Crippen LogP) is 5.07. The van der Waals surface area contributed by atoms with Crippen LogP contribution in [-0.4, -0.2) is 59.2 Å². The van der Waals surface area contributed by atoms with Crippen LogP contribution in [0.15, 0.2) is 42.5 Å². The van der Waals surface area contributed by atoms with Gasteiger partial charge >= 0.3 is 5.97 Å². The number of para-hydroxylation sites is 1. The number of carbonyl (C=O) groups is 2. The molecule has 0 radical (unpaired) electrons. The average molecular weight is 534 g/mol. The number of benzene rings is 2. The van der Waals surface area contributed by atoms with Gasteiger partial charge < -0.3 is 24.6 Å². The SMILES string of the molecule is COc1cccc(-c2ccc(N3CCC(Cc4nc(C)c(O)c(C(=O)CCCC(=O)O)n4)CC3)cc2)c1OC. The van der Waals surface area contributed by atoms with E-state index in [9.17, 15) is 14.7 Å². The Morgan fingerprint density at radius 2 is 1.72 bits per heavy atom. The maximum absolute atomic E-state index is 12.6. The van der Waals surface area contributed by atoms with E-state index in [1.807, 2.05) is 18.2 Å². The standard InChI is InChI=1S/C30H35N3O6/c1-19-29(37)28(24(34)7-5-9-27(35)36)32-26(31-19)18-20-14-16-33(17-15-20)22-12-10-21(11-13-22)23-6-4-8-25(38-2)30(23)39-3/h4,6,8,10-13,20,37H,5,7,9,14-18H2,1-3H3,(H,35,36). The maximum atomic E-state index is 12.6. The highest BCUT2D eigenvalue weighted by Gasteiger charge is 2.23. The van der Waals surface area contributed by atoms with Crippen LogP contribution in [0.4, 0.5) is 5.69 Å². The van der Waals surface area contributed by atoms with Crippen molar-refractivity contribution in [3.05, 3.63) is 59.7 Å². The number of carbonyl (C=O) groups excluding carboxylic acids is 1. The summed E-state index contributed by atoms with van der Waals surface area (Å²) < 4.78 is 11.0. The normalized spacial score (nSPS) is 13.8. The molecule has 0 saturated carbocycles. The summed E-state index contributed by atoms with van der Waals surface area (Å²) in [5.41, 5.74) is 3.55. The van der Waals surface area contributed by atoms with E-state index < -0.39 is 5.97 Å². The number of carboxylic acids is 1. The van der Waals surface area contributed by atoms with Gasteiger partial charge in [-0.1, -0.05) is 24.3 Å². The summed E-state index contributed by atoms with van der Waals surface area (Å²) in [6, 6.07) is 14.3. The number of aromatic nitrogens is 2. The van der Waals surface area contributed by atoms with Gasteiger partial charge in [-0.2, -0.15) is 0 Å². The van der Waals surface area contributed by atoms with Gasteiger partial charge in [0, 0.05) is 43.6 Å². The number of hydrogen-bond acceptors (Lipinski definition) is 8. The van der Waals surface area contributed by atoms with Gasteiger partial charge in [0.2, 0.25) is 0 Å². The number of ketones is 1. The van der Waals surface area contributed by atoms with Crippen molar-refractivity contribution in [2.45, 2.75) is 45.4 Å². The second-order valence-corrected chi connectivity index (χ2v) is 9.82. The summed E-state index contributed by atoms with van der Waals surface area (Å²) in [6.45, 7) is 3.44. The number of aryl methyl sites for hydroxylation is 1. The second kappa shape index (κ2) is 12.6. The molecule has 206 valence electrons. The van der Waals surface area contributed by atoms with Gasteiger partial charge in [0.15, 0.2) is 28.7 Å². The zero-order chi connectivity index (χ0) is 27.9. The summed E-state index contributed by atoms with van der Waals surface area (Å²) in [4.78, 5) is 34.5. The van der Waals surface area contributed by atoms with E-state index in [1.165, 1.54) is 0 Å². The lowest BCUT2D eigenvalue weighted by molar-refractivity contribution is -0.137. The number of aromatic hydroxyl groups is 1. The molecule has 4 rings (SSSR count). The molecule has 0 atom stereocenters. The van der Waals surface area contributed by atoms with Crippen LogP contribution in [0.5, 0.6) is 17.2 Å². The van der Waals surface area contributed by atoms with Gasteiger partial charge in [-0.05, 0) is 55.9 Å². The van der Waals surface area contributed by atoms with Crippen LogP contribution < -0.4 is 14.4 Å². The average Bonchev–Trinajstić information content (AvgIpc) is 2.94. The highest BCUT2D eigenvalue weighted by atomic mass is 16.5. The van der Waals surface area contributed by atoms with Crippen LogP contribution >= 0.6 is 0 Å². The fourth-order valence-corrected chi connectivity index (χ4v) is 5.05. The van der Waals surface area contributed by atoms with E-state index in [1.54, 1.807) is 21.1 Å². The van der Waals surface area contributed by atoms with Crippen LogP contribution in [0, 0.1) is 12.8 Å². The number of ether oxygens (including phenoxy) is 2. The Kier molecular flexibility index (Phi) is 9.01. The van der Waals surface area contributed by atoms with E-state index >= 15 is 0 Å². The van der Waals surface area contributed by atoms with Gasteiger partial charge in [0.1, 0.15) is 5.82 Å². The van der Waals surface area contributed by atoms with Crippen LogP contribution in [-0.2, 0) is 11.2 Å². The lowest BCUT2D eigenvalue weighted by Gasteiger charge is -2.33. The Bertz CT molecular complexity index is 1320. The molecule has 0 unspecified atom stereocenters. The number of hydrogen-bond donors (Lipinski definition) is 2. The zero-order valence-electron chi connectivity index (χ0n) is 22.6. The molecule has 0 bridgehead atoms. The van der Waals surface area contributed by atoms with Crippen molar-refractivity contribution < 1.29 is 29.3 Å². The number of anilines is 1. The molecule has 0 amide bonds. The third-order valence-corrected chi connectivity index (χ3v) is 7.20. The van der Waals surface area contributed by atoms with E-state index in [0.717, 1.165) is 42.7 Å². The Morgan fingerprint density at radius 3 is 2.36 bits per heavy atom. The van der Waals surface area contributed by atoms with Crippen LogP contribution in [0.1, 0.15) is 54.1 Å². The summed E-state index contributed by atoms with van der Waals surface area (Å²) in [7, 11) is 3.28.